The molecule has 134 valence electrons. The van der Waals surface area contributed by atoms with Crippen molar-refractivity contribution in [1.29, 1.82) is 0 Å². The average Bonchev–Trinajstić information content (AvgIpc) is 2.81. The van der Waals surface area contributed by atoms with E-state index in [4.69, 9.17) is 0 Å². The maximum Gasteiger partial charge on any atom is 0.223 e. The highest BCUT2D eigenvalue weighted by Crippen LogP contribution is 2.13. The van der Waals surface area contributed by atoms with Crippen LogP contribution in [0.1, 0.15) is 43.2 Å². The molecular formula is C18H28N2O3S. The molecule has 1 saturated heterocycles. The maximum absolute atomic E-state index is 12.4. The summed E-state index contributed by atoms with van der Waals surface area (Å²) in [6.07, 6.45) is 5.89. The monoisotopic (exact) mass is 352 g/mol. The van der Waals surface area contributed by atoms with Crippen molar-refractivity contribution < 1.29 is 13.2 Å². The van der Waals surface area contributed by atoms with E-state index >= 15 is 0 Å². The summed E-state index contributed by atoms with van der Waals surface area (Å²) in [5.41, 5.74) is 2.08. The maximum atomic E-state index is 12.4. The Kier molecular flexibility index (Phi) is 6.80. The van der Waals surface area contributed by atoms with Crippen molar-refractivity contribution in [2.45, 2.75) is 45.6 Å². The highest BCUT2D eigenvalue weighted by molar-refractivity contribution is 7.88. The summed E-state index contributed by atoms with van der Waals surface area (Å²) < 4.78 is 25.5. The summed E-state index contributed by atoms with van der Waals surface area (Å²) in [6, 6.07) is 7.81. The molecule has 0 aromatic heterocycles. The zero-order valence-electron chi connectivity index (χ0n) is 14.7. The van der Waals surface area contributed by atoms with E-state index in [2.05, 4.69) is 0 Å². The van der Waals surface area contributed by atoms with Crippen LogP contribution in [0.15, 0.2) is 24.3 Å². The molecule has 6 heteroatoms. The van der Waals surface area contributed by atoms with Crippen molar-refractivity contribution >= 4 is 15.9 Å². The van der Waals surface area contributed by atoms with Crippen LogP contribution >= 0.6 is 0 Å². The van der Waals surface area contributed by atoms with Gasteiger partial charge >= 0.3 is 0 Å². The molecule has 0 saturated carbocycles. The fourth-order valence-corrected chi connectivity index (χ4v) is 3.76. The molecule has 24 heavy (non-hydrogen) atoms. The Hall–Kier alpha value is -1.40. The Labute approximate surface area is 145 Å². The molecule has 5 nitrogen and oxygen atoms in total. The standard InChI is InChI=1S/C18H28N2O3S/c1-16-7-9-17(10-8-16)15-20(24(2,22)23)14-11-18(21)19-12-5-3-4-6-13-19/h7-10H,3-6,11-15H2,1-2H3. The summed E-state index contributed by atoms with van der Waals surface area (Å²) in [4.78, 5) is 14.3. The molecule has 0 spiro atoms. The number of nitrogens with zero attached hydrogens (tertiary/aromatic N) is 2. The fraction of sp³-hybridized carbons (Fsp3) is 0.611. The lowest BCUT2D eigenvalue weighted by atomic mass is 10.1. The Morgan fingerprint density at radius 1 is 1.08 bits per heavy atom. The molecule has 1 amide bonds. The van der Waals surface area contributed by atoms with Gasteiger partial charge < -0.3 is 4.90 Å². The second-order valence-corrected chi connectivity index (χ2v) is 8.61. The molecular weight excluding hydrogens is 324 g/mol. The van der Waals surface area contributed by atoms with Crippen molar-refractivity contribution in [3.05, 3.63) is 35.4 Å². The van der Waals surface area contributed by atoms with E-state index in [1.807, 2.05) is 36.1 Å². The minimum atomic E-state index is -3.34. The molecule has 1 heterocycles. The first-order valence-corrected chi connectivity index (χ1v) is 10.5. The fourth-order valence-electron chi connectivity index (χ4n) is 2.96. The zero-order valence-corrected chi connectivity index (χ0v) is 15.5. The highest BCUT2D eigenvalue weighted by atomic mass is 32.2. The van der Waals surface area contributed by atoms with Crippen molar-refractivity contribution in [2.24, 2.45) is 0 Å². The number of amides is 1. The van der Waals surface area contributed by atoms with E-state index in [1.165, 1.54) is 23.4 Å². The molecule has 0 atom stereocenters. The Bertz CT molecular complexity index is 633. The minimum absolute atomic E-state index is 0.0643. The van der Waals surface area contributed by atoms with E-state index < -0.39 is 10.0 Å². The highest BCUT2D eigenvalue weighted by Gasteiger charge is 2.21. The second kappa shape index (κ2) is 8.62. The third-order valence-electron chi connectivity index (χ3n) is 4.48. The van der Waals surface area contributed by atoms with Gasteiger partial charge in [0.15, 0.2) is 0 Å². The first-order chi connectivity index (χ1) is 11.4. The van der Waals surface area contributed by atoms with E-state index in [-0.39, 0.29) is 18.9 Å². The van der Waals surface area contributed by atoms with Crippen LogP contribution in [0.4, 0.5) is 0 Å². The normalized spacial score (nSPS) is 16.2. The molecule has 2 rings (SSSR count). The van der Waals surface area contributed by atoms with Crippen LogP contribution in [0.2, 0.25) is 0 Å². The van der Waals surface area contributed by atoms with E-state index in [0.29, 0.717) is 6.54 Å². The van der Waals surface area contributed by atoms with Crippen molar-refractivity contribution in [3.8, 4) is 0 Å². The number of rotatable bonds is 6. The van der Waals surface area contributed by atoms with Crippen LogP contribution in [0, 0.1) is 6.92 Å². The third kappa shape index (κ3) is 5.91. The van der Waals surface area contributed by atoms with Gasteiger partial charge in [0.05, 0.1) is 6.26 Å². The lowest BCUT2D eigenvalue weighted by Crippen LogP contribution is -2.37. The molecule has 0 bridgehead atoms. The molecule has 1 aromatic carbocycles. The van der Waals surface area contributed by atoms with Crippen molar-refractivity contribution in [2.75, 3.05) is 25.9 Å². The van der Waals surface area contributed by atoms with Crippen molar-refractivity contribution in [1.82, 2.24) is 9.21 Å². The lowest BCUT2D eigenvalue weighted by Gasteiger charge is -2.24. The lowest BCUT2D eigenvalue weighted by molar-refractivity contribution is -0.131. The largest absolute Gasteiger partial charge is 0.343 e. The van der Waals surface area contributed by atoms with Gasteiger partial charge in [-0.15, -0.1) is 0 Å². The van der Waals surface area contributed by atoms with Gasteiger partial charge in [-0.25, -0.2) is 8.42 Å². The number of sulfonamides is 1. The molecule has 1 aromatic rings. The number of hydrogen-bond donors (Lipinski definition) is 0. The van der Waals surface area contributed by atoms with E-state index in [9.17, 15) is 13.2 Å². The van der Waals surface area contributed by atoms with Gasteiger partial charge in [0.2, 0.25) is 15.9 Å². The Balaban J connectivity index is 1.96. The van der Waals surface area contributed by atoms with Crippen LogP contribution in [0.5, 0.6) is 0 Å². The molecule has 1 aliphatic heterocycles. The summed E-state index contributed by atoms with van der Waals surface area (Å²) >= 11 is 0. The number of hydrogen-bond acceptors (Lipinski definition) is 3. The van der Waals surface area contributed by atoms with Gasteiger partial charge in [0.1, 0.15) is 0 Å². The van der Waals surface area contributed by atoms with Crippen LogP contribution in [0.25, 0.3) is 0 Å². The summed E-state index contributed by atoms with van der Waals surface area (Å²) in [5, 5.41) is 0. The smallest absolute Gasteiger partial charge is 0.223 e. The van der Waals surface area contributed by atoms with Crippen LogP contribution in [0.3, 0.4) is 0 Å². The summed E-state index contributed by atoms with van der Waals surface area (Å²) in [5.74, 6) is 0.0643. The SMILES string of the molecule is Cc1ccc(CN(CCC(=O)N2CCCCCC2)S(C)(=O)=O)cc1. The molecule has 1 aliphatic rings. The minimum Gasteiger partial charge on any atom is -0.343 e. The first kappa shape index (κ1) is 18.9. The van der Waals surface area contributed by atoms with Gasteiger partial charge in [-0.05, 0) is 25.3 Å². The van der Waals surface area contributed by atoms with Gasteiger partial charge in [0, 0.05) is 32.6 Å². The molecule has 0 aliphatic carbocycles. The van der Waals surface area contributed by atoms with Gasteiger partial charge in [0.25, 0.3) is 0 Å². The molecule has 1 fully saturated rings. The van der Waals surface area contributed by atoms with E-state index in [0.717, 1.165) is 37.1 Å². The third-order valence-corrected chi connectivity index (χ3v) is 5.73. The zero-order chi connectivity index (χ0) is 17.6. The average molecular weight is 352 g/mol. The van der Waals surface area contributed by atoms with E-state index in [1.54, 1.807) is 0 Å². The number of aryl methyl sites for hydroxylation is 1. The van der Waals surface area contributed by atoms with Gasteiger partial charge in [-0.3, -0.25) is 4.79 Å². The Morgan fingerprint density at radius 2 is 1.67 bits per heavy atom. The second-order valence-electron chi connectivity index (χ2n) is 6.63. The predicted octanol–water partition coefficient (Wildman–Crippen LogP) is 2.55. The summed E-state index contributed by atoms with van der Waals surface area (Å²) in [7, 11) is -3.34. The molecule has 0 radical (unpaired) electrons. The first-order valence-electron chi connectivity index (χ1n) is 8.65. The van der Waals surface area contributed by atoms with Crippen LogP contribution in [-0.2, 0) is 21.4 Å². The number of benzene rings is 1. The Morgan fingerprint density at radius 3 is 2.21 bits per heavy atom. The summed E-state index contributed by atoms with van der Waals surface area (Å²) in [6.45, 7) is 4.15. The number of carbonyl (C=O) groups is 1. The number of likely N-dealkylation sites (tertiary alicyclic amines) is 1. The number of carbonyl (C=O) groups excluding carboxylic acids is 1. The van der Waals surface area contributed by atoms with Crippen molar-refractivity contribution in [3.63, 3.8) is 0 Å². The van der Waals surface area contributed by atoms with Crippen LogP contribution in [-0.4, -0.2) is 49.4 Å². The molecule has 0 N–H and O–H groups in total. The quantitative estimate of drug-likeness (QED) is 0.790. The topological polar surface area (TPSA) is 57.7 Å². The van der Waals surface area contributed by atoms with Gasteiger partial charge in [-0.1, -0.05) is 42.7 Å². The predicted molar refractivity (Wildman–Crippen MR) is 96.1 cm³/mol. The van der Waals surface area contributed by atoms with Crippen LogP contribution < -0.4 is 0 Å². The molecule has 0 unspecified atom stereocenters. The van der Waals surface area contributed by atoms with Gasteiger partial charge in [-0.2, -0.15) is 4.31 Å².